The number of methoxy groups -OCH3 is 1. The highest BCUT2D eigenvalue weighted by Crippen LogP contribution is 2.29. The van der Waals surface area contributed by atoms with Crippen LogP contribution in [0.5, 0.6) is 0 Å². The molecule has 2 aromatic rings. The zero-order valence-electron chi connectivity index (χ0n) is 9.40. The maximum absolute atomic E-state index is 11.5. The first kappa shape index (κ1) is 13.1. The van der Waals surface area contributed by atoms with Crippen molar-refractivity contribution in [2.24, 2.45) is 0 Å². The largest absolute Gasteiger partial charge is 0.465 e. The lowest BCUT2D eigenvalue weighted by atomic mass is 10.3. The standard InChI is InChI=1S/C10H10ClN3O2S2/c1-16-10(15)7-8(12)14-18-9(7)13-4-5-2-3-6(11)17-5/h2-3,13H,4H2,1H3,(H2,12,14). The summed E-state index contributed by atoms with van der Waals surface area (Å²) >= 11 is 8.44. The Labute approximate surface area is 117 Å². The van der Waals surface area contributed by atoms with Gasteiger partial charge in [-0.2, -0.15) is 4.37 Å². The van der Waals surface area contributed by atoms with Crippen LogP contribution in [0.2, 0.25) is 4.34 Å². The fourth-order valence-corrected chi connectivity index (χ4v) is 3.06. The Morgan fingerprint density at radius 3 is 3.00 bits per heavy atom. The Kier molecular flexibility index (Phi) is 4.05. The number of nitrogen functional groups attached to an aromatic ring is 1. The number of aromatic nitrogens is 1. The molecular weight excluding hydrogens is 294 g/mol. The molecular formula is C10H10ClN3O2S2. The van der Waals surface area contributed by atoms with E-state index in [2.05, 4.69) is 14.4 Å². The Bertz CT molecular complexity index is 567. The summed E-state index contributed by atoms with van der Waals surface area (Å²) in [5.74, 6) is -0.313. The Morgan fingerprint density at radius 2 is 2.39 bits per heavy atom. The van der Waals surface area contributed by atoms with Gasteiger partial charge >= 0.3 is 5.97 Å². The first-order valence-corrected chi connectivity index (χ1v) is 6.90. The number of hydrogen-bond acceptors (Lipinski definition) is 7. The highest BCUT2D eigenvalue weighted by molar-refractivity contribution is 7.16. The molecule has 0 spiro atoms. The molecule has 0 fully saturated rings. The molecule has 2 aromatic heterocycles. The average Bonchev–Trinajstić information content (AvgIpc) is 2.92. The van der Waals surface area contributed by atoms with Gasteiger partial charge in [0.1, 0.15) is 10.6 Å². The van der Waals surface area contributed by atoms with Gasteiger partial charge in [0.15, 0.2) is 5.82 Å². The van der Waals surface area contributed by atoms with E-state index in [1.165, 1.54) is 18.4 Å². The number of halogens is 1. The Hall–Kier alpha value is -1.31. The molecule has 0 aliphatic heterocycles. The molecule has 2 rings (SSSR count). The normalized spacial score (nSPS) is 10.3. The van der Waals surface area contributed by atoms with Gasteiger partial charge in [-0.3, -0.25) is 0 Å². The third-order valence-electron chi connectivity index (χ3n) is 2.16. The number of nitrogens with one attached hydrogen (secondary N) is 1. The summed E-state index contributed by atoms with van der Waals surface area (Å²) in [4.78, 5) is 12.6. The number of nitrogens with zero attached hydrogens (tertiary/aromatic N) is 1. The monoisotopic (exact) mass is 303 g/mol. The molecule has 2 heterocycles. The molecule has 3 N–H and O–H groups in total. The van der Waals surface area contributed by atoms with E-state index in [-0.39, 0.29) is 11.4 Å². The summed E-state index contributed by atoms with van der Waals surface area (Å²) in [6, 6.07) is 3.74. The molecule has 0 aliphatic rings. The number of anilines is 2. The van der Waals surface area contributed by atoms with Crippen LogP contribution in [-0.2, 0) is 11.3 Å². The summed E-state index contributed by atoms with van der Waals surface area (Å²) in [5.41, 5.74) is 5.91. The van der Waals surface area contributed by atoms with Crippen LogP contribution in [0.25, 0.3) is 0 Å². The van der Waals surface area contributed by atoms with Crippen molar-refractivity contribution in [3.8, 4) is 0 Å². The van der Waals surface area contributed by atoms with E-state index >= 15 is 0 Å². The van der Waals surface area contributed by atoms with Crippen LogP contribution in [0.15, 0.2) is 12.1 Å². The highest BCUT2D eigenvalue weighted by atomic mass is 35.5. The predicted molar refractivity (Wildman–Crippen MR) is 74.5 cm³/mol. The zero-order valence-corrected chi connectivity index (χ0v) is 11.8. The van der Waals surface area contributed by atoms with Gasteiger partial charge in [0.25, 0.3) is 0 Å². The molecule has 0 atom stereocenters. The van der Waals surface area contributed by atoms with Gasteiger partial charge in [-0.1, -0.05) is 11.6 Å². The molecule has 18 heavy (non-hydrogen) atoms. The van der Waals surface area contributed by atoms with E-state index in [0.29, 0.717) is 11.5 Å². The van der Waals surface area contributed by atoms with Crippen LogP contribution in [0.3, 0.4) is 0 Å². The van der Waals surface area contributed by atoms with Gasteiger partial charge in [-0.25, -0.2) is 4.79 Å². The minimum atomic E-state index is -0.493. The number of thiophene rings is 1. The quantitative estimate of drug-likeness (QED) is 0.849. The molecule has 0 unspecified atom stereocenters. The second-order valence-corrected chi connectivity index (χ2v) is 5.90. The summed E-state index contributed by atoms with van der Waals surface area (Å²) in [6.45, 7) is 0.559. The van der Waals surface area contributed by atoms with Gasteiger partial charge in [0.2, 0.25) is 0 Å². The second-order valence-electron chi connectivity index (χ2n) is 3.32. The smallest absolute Gasteiger partial charge is 0.344 e. The number of carbonyl (C=O) groups is 1. The summed E-state index contributed by atoms with van der Waals surface area (Å²) in [7, 11) is 1.31. The SMILES string of the molecule is COC(=O)c1c(N)nsc1NCc1ccc(Cl)s1. The van der Waals surface area contributed by atoms with Crippen molar-refractivity contribution >= 4 is 51.3 Å². The van der Waals surface area contributed by atoms with E-state index in [9.17, 15) is 4.79 Å². The van der Waals surface area contributed by atoms with E-state index < -0.39 is 5.97 Å². The van der Waals surface area contributed by atoms with Crippen LogP contribution in [0, 0.1) is 0 Å². The van der Waals surface area contributed by atoms with Gasteiger partial charge in [0.05, 0.1) is 18.0 Å². The first-order valence-electron chi connectivity index (χ1n) is 4.93. The Morgan fingerprint density at radius 1 is 1.61 bits per heavy atom. The van der Waals surface area contributed by atoms with Crippen LogP contribution in [0.1, 0.15) is 15.2 Å². The third kappa shape index (κ3) is 2.74. The van der Waals surface area contributed by atoms with Gasteiger partial charge in [-0.15, -0.1) is 11.3 Å². The van der Waals surface area contributed by atoms with Crippen LogP contribution in [-0.4, -0.2) is 17.5 Å². The minimum absolute atomic E-state index is 0.179. The maximum Gasteiger partial charge on any atom is 0.344 e. The van der Waals surface area contributed by atoms with Crippen LogP contribution >= 0.6 is 34.5 Å². The van der Waals surface area contributed by atoms with Gasteiger partial charge < -0.3 is 15.8 Å². The van der Waals surface area contributed by atoms with Gasteiger partial charge in [0, 0.05) is 4.88 Å². The number of carbonyl (C=O) groups excluding carboxylic acids is 1. The molecule has 96 valence electrons. The lowest BCUT2D eigenvalue weighted by Crippen LogP contribution is -2.07. The molecule has 5 nitrogen and oxygen atoms in total. The van der Waals surface area contributed by atoms with Crippen LogP contribution < -0.4 is 11.1 Å². The number of esters is 1. The molecule has 0 radical (unpaired) electrons. The summed E-state index contributed by atoms with van der Waals surface area (Å²) < 4.78 is 9.32. The maximum atomic E-state index is 11.5. The third-order valence-corrected chi connectivity index (χ3v) is 4.21. The van der Waals surface area contributed by atoms with Crippen molar-refractivity contribution < 1.29 is 9.53 Å². The van der Waals surface area contributed by atoms with Crippen molar-refractivity contribution in [1.29, 1.82) is 0 Å². The Balaban J connectivity index is 2.12. The van der Waals surface area contributed by atoms with Crippen LogP contribution in [0.4, 0.5) is 10.8 Å². The number of rotatable bonds is 4. The molecule has 0 saturated heterocycles. The van der Waals surface area contributed by atoms with Crippen molar-refractivity contribution in [3.05, 3.63) is 26.9 Å². The first-order chi connectivity index (χ1) is 8.61. The number of ether oxygens (including phenoxy) is 1. The van der Waals surface area contributed by atoms with Crippen molar-refractivity contribution in [2.75, 3.05) is 18.2 Å². The number of hydrogen-bond donors (Lipinski definition) is 2. The fourth-order valence-electron chi connectivity index (χ4n) is 1.34. The van der Waals surface area contributed by atoms with Gasteiger partial charge in [-0.05, 0) is 23.7 Å². The average molecular weight is 304 g/mol. The molecule has 0 aromatic carbocycles. The van der Waals surface area contributed by atoms with E-state index in [1.54, 1.807) is 0 Å². The lowest BCUT2D eigenvalue weighted by Gasteiger charge is -2.04. The van der Waals surface area contributed by atoms with E-state index in [1.807, 2.05) is 12.1 Å². The molecule has 0 amide bonds. The summed E-state index contributed by atoms with van der Waals surface area (Å²) in [6.07, 6.45) is 0. The van der Waals surface area contributed by atoms with E-state index in [4.69, 9.17) is 17.3 Å². The second kappa shape index (κ2) is 5.55. The molecule has 0 saturated carbocycles. The molecule has 0 aliphatic carbocycles. The zero-order chi connectivity index (χ0) is 13.1. The topological polar surface area (TPSA) is 77.2 Å². The minimum Gasteiger partial charge on any atom is -0.465 e. The van der Waals surface area contributed by atoms with Crippen molar-refractivity contribution in [2.45, 2.75) is 6.54 Å². The predicted octanol–water partition coefficient (Wildman–Crippen LogP) is 2.84. The molecule has 8 heteroatoms. The highest BCUT2D eigenvalue weighted by Gasteiger charge is 2.19. The number of nitrogens with two attached hydrogens (primary N) is 1. The molecule has 0 bridgehead atoms. The lowest BCUT2D eigenvalue weighted by molar-refractivity contribution is 0.0603. The van der Waals surface area contributed by atoms with Crippen molar-refractivity contribution in [3.63, 3.8) is 0 Å². The van der Waals surface area contributed by atoms with Crippen molar-refractivity contribution in [1.82, 2.24) is 4.37 Å². The van der Waals surface area contributed by atoms with E-state index in [0.717, 1.165) is 20.7 Å². The fraction of sp³-hybridized carbons (Fsp3) is 0.200. The summed E-state index contributed by atoms with van der Waals surface area (Å²) in [5, 5.41) is 3.71.